The van der Waals surface area contributed by atoms with E-state index in [1.165, 1.54) is 47.9 Å². The van der Waals surface area contributed by atoms with Crippen molar-refractivity contribution >= 4 is 23.2 Å². The van der Waals surface area contributed by atoms with Crippen LogP contribution in [0.3, 0.4) is 0 Å². The number of carbonyl (C=O) groups excluding carboxylic acids is 1. The molecule has 0 atom stereocenters. The van der Waals surface area contributed by atoms with Crippen molar-refractivity contribution in [2.24, 2.45) is 0 Å². The molecule has 2 aromatic heterocycles. The molecule has 1 aliphatic carbocycles. The van der Waals surface area contributed by atoms with E-state index in [4.69, 9.17) is 0 Å². The van der Waals surface area contributed by atoms with Gasteiger partial charge in [-0.05, 0) is 37.1 Å². The zero-order chi connectivity index (χ0) is 18.8. The van der Waals surface area contributed by atoms with Crippen LogP contribution in [0, 0.1) is 5.82 Å². The van der Waals surface area contributed by atoms with Crippen LogP contribution in [-0.4, -0.2) is 30.2 Å². The second-order valence-electron chi connectivity index (χ2n) is 6.67. The fourth-order valence-corrected chi connectivity index (χ4v) is 4.57. The van der Waals surface area contributed by atoms with Gasteiger partial charge < -0.3 is 0 Å². The highest BCUT2D eigenvalue weighted by atomic mass is 32.2. The number of rotatable bonds is 5. The standard InChI is InChI=1S/C19H19FN4O2S/c20-14-8-6-13(7-9-14)16(25)12-24-19(26)23-11-10-21-18(17(23)22-24)27-15-4-2-1-3-5-15/h6-11,15H,1-5,12H2. The summed E-state index contributed by atoms with van der Waals surface area (Å²) < 4.78 is 15.6. The number of benzene rings is 1. The monoisotopic (exact) mass is 386 g/mol. The molecule has 2 heterocycles. The van der Waals surface area contributed by atoms with Crippen molar-refractivity contribution in [3.63, 3.8) is 0 Å². The van der Waals surface area contributed by atoms with Crippen molar-refractivity contribution in [1.29, 1.82) is 0 Å². The molecule has 1 aromatic carbocycles. The van der Waals surface area contributed by atoms with Gasteiger partial charge in [-0.15, -0.1) is 5.10 Å². The first kappa shape index (κ1) is 17.9. The van der Waals surface area contributed by atoms with Gasteiger partial charge >= 0.3 is 5.69 Å². The maximum atomic E-state index is 13.0. The highest BCUT2D eigenvalue weighted by Crippen LogP contribution is 2.33. The van der Waals surface area contributed by atoms with Gasteiger partial charge in [0, 0.05) is 23.2 Å². The summed E-state index contributed by atoms with van der Waals surface area (Å²) in [7, 11) is 0. The van der Waals surface area contributed by atoms with E-state index in [9.17, 15) is 14.0 Å². The van der Waals surface area contributed by atoms with E-state index in [-0.39, 0.29) is 18.0 Å². The van der Waals surface area contributed by atoms with E-state index in [0.717, 1.165) is 22.5 Å². The fraction of sp³-hybridized carbons (Fsp3) is 0.368. The molecule has 27 heavy (non-hydrogen) atoms. The molecule has 3 aromatic rings. The summed E-state index contributed by atoms with van der Waals surface area (Å²) in [5.41, 5.74) is 0.439. The Morgan fingerprint density at radius 1 is 1.19 bits per heavy atom. The molecule has 0 N–H and O–H groups in total. The van der Waals surface area contributed by atoms with Crippen molar-refractivity contribution in [2.75, 3.05) is 0 Å². The maximum absolute atomic E-state index is 13.0. The summed E-state index contributed by atoms with van der Waals surface area (Å²) in [5, 5.41) is 5.55. The molecular weight excluding hydrogens is 367 g/mol. The third-order valence-corrected chi connectivity index (χ3v) is 6.08. The Hall–Kier alpha value is -2.48. The smallest absolute Gasteiger partial charge is 0.292 e. The molecule has 1 saturated carbocycles. The molecule has 6 nitrogen and oxygen atoms in total. The first-order valence-corrected chi connectivity index (χ1v) is 9.89. The van der Waals surface area contributed by atoms with Crippen LogP contribution in [0.25, 0.3) is 5.65 Å². The van der Waals surface area contributed by atoms with Gasteiger partial charge in [0.15, 0.2) is 11.4 Å². The topological polar surface area (TPSA) is 69.3 Å². The van der Waals surface area contributed by atoms with E-state index in [1.54, 1.807) is 24.2 Å². The van der Waals surface area contributed by atoms with Crippen molar-refractivity contribution < 1.29 is 9.18 Å². The second kappa shape index (κ2) is 7.64. The van der Waals surface area contributed by atoms with Gasteiger partial charge in [-0.1, -0.05) is 31.0 Å². The van der Waals surface area contributed by atoms with E-state index in [0.29, 0.717) is 16.5 Å². The Labute approximate surface area is 159 Å². The Morgan fingerprint density at radius 3 is 2.67 bits per heavy atom. The zero-order valence-electron chi connectivity index (χ0n) is 14.7. The molecule has 0 saturated heterocycles. The number of fused-ring (bicyclic) bond motifs is 1. The average molecular weight is 386 g/mol. The van der Waals surface area contributed by atoms with E-state index < -0.39 is 5.82 Å². The minimum atomic E-state index is -0.410. The molecule has 0 aliphatic heterocycles. The third-order valence-electron chi connectivity index (χ3n) is 4.76. The predicted molar refractivity (Wildman–Crippen MR) is 101 cm³/mol. The highest BCUT2D eigenvalue weighted by molar-refractivity contribution is 8.00. The molecule has 8 heteroatoms. The van der Waals surface area contributed by atoms with Crippen molar-refractivity contribution in [1.82, 2.24) is 19.2 Å². The molecule has 4 rings (SSSR count). The minimum absolute atomic E-state index is 0.195. The molecular formula is C19H19FN4O2S. The number of hydrogen-bond acceptors (Lipinski definition) is 5. The summed E-state index contributed by atoms with van der Waals surface area (Å²) in [6.45, 7) is -0.195. The van der Waals surface area contributed by atoms with Crippen LogP contribution in [0.2, 0.25) is 0 Å². The van der Waals surface area contributed by atoms with Crippen LogP contribution in [0.1, 0.15) is 42.5 Å². The van der Waals surface area contributed by atoms with Crippen molar-refractivity contribution in [2.45, 2.75) is 48.9 Å². The number of ketones is 1. The van der Waals surface area contributed by atoms with E-state index in [1.807, 2.05) is 0 Å². The molecule has 0 bridgehead atoms. The van der Waals surface area contributed by atoms with Gasteiger partial charge in [-0.25, -0.2) is 23.3 Å². The number of carbonyl (C=O) groups is 1. The normalized spacial score (nSPS) is 15.3. The summed E-state index contributed by atoms with van der Waals surface area (Å²) in [6, 6.07) is 5.26. The van der Waals surface area contributed by atoms with E-state index >= 15 is 0 Å². The SMILES string of the molecule is O=C(Cn1nc2c(SC3CCCCC3)nccn2c1=O)c1ccc(F)cc1. The lowest BCUT2D eigenvalue weighted by Gasteiger charge is -2.20. The van der Waals surface area contributed by atoms with Crippen LogP contribution < -0.4 is 5.69 Å². The fourth-order valence-electron chi connectivity index (χ4n) is 3.32. The lowest BCUT2D eigenvalue weighted by molar-refractivity contribution is 0.0966. The number of hydrogen-bond donors (Lipinski definition) is 0. The minimum Gasteiger partial charge on any atom is -0.292 e. The van der Waals surface area contributed by atoms with Crippen LogP contribution in [0.4, 0.5) is 4.39 Å². The number of Topliss-reactive ketones (excluding diaryl/α,β-unsaturated/α-hetero) is 1. The van der Waals surface area contributed by atoms with Crippen LogP contribution >= 0.6 is 11.8 Å². The van der Waals surface area contributed by atoms with Gasteiger partial charge in [0.05, 0.1) is 0 Å². The van der Waals surface area contributed by atoms with Gasteiger partial charge in [-0.3, -0.25) is 4.79 Å². The van der Waals surface area contributed by atoms with Gasteiger partial charge in [-0.2, -0.15) is 0 Å². The largest absolute Gasteiger partial charge is 0.350 e. The lowest BCUT2D eigenvalue weighted by Crippen LogP contribution is -2.25. The third kappa shape index (κ3) is 3.80. The predicted octanol–water partition coefficient (Wildman–Crippen LogP) is 3.34. The van der Waals surface area contributed by atoms with E-state index in [2.05, 4.69) is 10.1 Å². The summed E-state index contributed by atoms with van der Waals surface area (Å²) in [4.78, 5) is 29.4. The average Bonchev–Trinajstić information content (AvgIpc) is 3.00. The summed E-state index contributed by atoms with van der Waals surface area (Å²) >= 11 is 1.66. The summed E-state index contributed by atoms with van der Waals surface area (Å²) in [6.07, 6.45) is 9.14. The molecule has 140 valence electrons. The Balaban J connectivity index is 1.61. The molecule has 1 aliphatic rings. The zero-order valence-corrected chi connectivity index (χ0v) is 15.5. The maximum Gasteiger partial charge on any atom is 0.350 e. The number of thioether (sulfide) groups is 1. The molecule has 0 unspecified atom stereocenters. The Kier molecular flexibility index (Phi) is 5.07. The van der Waals surface area contributed by atoms with Crippen LogP contribution in [0.5, 0.6) is 0 Å². The molecule has 0 spiro atoms. The molecule has 0 amide bonds. The van der Waals surface area contributed by atoms with Gasteiger partial charge in [0.1, 0.15) is 17.4 Å². The lowest BCUT2D eigenvalue weighted by atomic mass is 10.0. The van der Waals surface area contributed by atoms with Crippen LogP contribution in [0.15, 0.2) is 46.5 Å². The Morgan fingerprint density at radius 2 is 1.93 bits per heavy atom. The quantitative estimate of drug-likeness (QED) is 0.629. The number of aromatic nitrogens is 4. The highest BCUT2D eigenvalue weighted by Gasteiger charge is 2.20. The second-order valence-corrected chi connectivity index (χ2v) is 7.96. The van der Waals surface area contributed by atoms with Gasteiger partial charge in [0.25, 0.3) is 0 Å². The first-order valence-electron chi connectivity index (χ1n) is 9.01. The van der Waals surface area contributed by atoms with Crippen LogP contribution in [-0.2, 0) is 6.54 Å². The number of halogens is 1. The Bertz CT molecular complexity index is 1020. The van der Waals surface area contributed by atoms with Crippen molar-refractivity contribution in [3.8, 4) is 0 Å². The first-order chi connectivity index (χ1) is 13.1. The number of nitrogens with zero attached hydrogens (tertiary/aromatic N) is 4. The van der Waals surface area contributed by atoms with Crippen molar-refractivity contribution in [3.05, 3.63) is 58.5 Å². The van der Waals surface area contributed by atoms with Gasteiger partial charge in [0.2, 0.25) is 0 Å². The molecule has 1 fully saturated rings. The summed E-state index contributed by atoms with van der Waals surface area (Å²) in [5.74, 6) is -0.707. The molecule has 0 radical (unpaired) electrons.